The van der Waals surface area contributed by atoms with Gasteiger partial charge in [-0.3, -0.25) is 4.79 Å². The number of amides is 1. The summed E-state index contributed by atoms with van der Waals surface area (Å²) in [5, 5.41) is 8.67. The molecule has 8 heteroatoms. The van der Waals surface area contributed by atoms with Gasteiger partial charge in [-0.05, 0) is 13.8 Å². The second-order valence-corrected chi connectivity index (χ2v) is 4.36. The Morgan fingerprint density at radius 2 is 1.94 bits per heavy atom. The molecule has 1 fully saturated rings. The standard InChI is InChI=1S/C9H12F3NO4/c1-8(2)4-17-5(6(14)15)3-13(8)7(16)9(10,11)12/h5H,3-4H2,1-2H3,(H,14,15). The van der Waals surface area contributed by atoms with E-state index >= 15 is 0 Å². The monoisotopic (exact) mass is 255 g/mol. The number of rotatable bonds is 1. The number of hydrogen-bond acceptors (Lipinski definition) is 3. The first kappa shape index (κ1) is 13.8. The maximum absolute atomic E-state index is 12.3. The summed E-state index contributed by atoms with van der Waals surface area (Å²) in [5.74, 6) is -3.43. The summed E-state index contributed by atoms with van der Waals surface area (Å²) in [6, 6.07) is 0. The predicted octanol–water partition coefficient (Wildman–Crippen LogP) is 0.639. The topological polar surface area (TPSA) is 66.8 Å². The number of ether oxygens (including phenoxy) is 1. The zero-order valence-electron chi connectivity index (χ0n) is 9.24. The van der Waals surface area contributed by atoms with Crippen molar-refractivity contribution in [3.63, 3.8) is 0 Å². The van der Waals surface area contributed by atoms with Gasteiger partial charge in [-0.15, -0.1) is 0 Å². The minimum absolute atomic E-state index is 0.258. The molecule has 1 amide bonds. The number of carbonyl (C=O) groups is 2. The fraction of sp³-hybridized carbons (Fsp3) is 0.778. The lowest BCUT2D eigenvalue weighted by atomic mass is 10.0. The van der Waals surface area contributed by atoms with Gasteiger partial charge in [0.15, 0.2) is 6.10 Å². The van der Waals surface area contributed by atoms with E-state index in [0.717, 1.165) is 0 Å². The quantitative estimate of drug-likeness (QED) is 0.746. The number of hydrogen-bond donors (Lipinski definition) is 1. The van der Waals surface area contributed by atoms with Crippen LogP contribution >= 0.6 is 0 Å². The van der Waals surface area contributed by atoms with Crippen LogP contribution in [0.2, 0.25) is 0 Å². The van der Waals surface area contributed by atoms with Crippen LogP contribution in [0.5, 0.6) is 0 Å². The lowest BCUT2D eigenvalue weighted by Gasteiger charge is -2.44. The predicted molar refractivity (Wildman–Crippen MR) is 49.2 cm³/mol. The van der Waals surface area contributed by atoms with Gasteiger partial charge < -0.3 is 14.7 Å². The van der Waals surface area contributed by atoms with Gasteiger partial charge in [0, 0.05) is 0 Å². The number of nitrogens with zero attached hydrogens (tertiary/aromatic N) is 1. The Bertz CT molecular complexity index is 340. The Morgan fingerprint density at radius 1 is 1.41 bits per heavy atom. The molecule has 1 rings (SSSR count). The highest BCUT2D eigenvalue weighted by Gasteiger charge is 2.50. The molecule has 0 radical (unpaired) electrons. The van der Waals surface area contributed by atoms with Gasteiger partial charge in [0.2, 0.25) is 0 Å². The van der Waals surface area contributed by atoms with Gasteiger partial charge in [0.05, 0.1) is 18.7 Å². The van der Waals surface area contributed by atoms with Crippen LogP contribution in [0.1, 0.15) is 13.8 Å². The van der Waals surface area contributed by atoms with Crippen LogP contribution in [0.4, 0.5) is 13.2 Å². The van der Waals surface area contributed by atoms with Crippen LogP contribution in [0.15, 0.2) is 0 Å². The van der Waals surface area contributed by atoms with Crippen molar-refractivity contribution >= 4 is 11.9 Å². The van der Waals surface area contributed by atoms with Crippen LogP contribution in [-0.2, 0) is 14.3 Å². The maximum atomic E-state index is 12.3. The molecule has 0 aliphatic carbocycles. The Balaban J connectivity index is 2.92. The fourth-order valence-corrected chi connectivity index (χ4v) is 1.51. The molecular weight excluding hydrogens is 243 g/mol. The number of carboxylic acid groups (broad SMARTS) is 1. The highest BCUT2D eigenvalue weighted by atomic mass is 19.4. The molecule has 0 aromatic heterocycles. The van der Waals surface area contributed by atoms with Crippen molar-refractivity contribution < 1.29 is 32.6 Å². The number of carboxylic acids is 1. The molecule has 0 spiro atoms. The smallest absolute Gasteiger partial charge is 0.471 e. The first-order chi connectivity index (χ1) is 7.55. The van der Waals surface area contributed by atoms with E-state index in [4.69, 9.17) is 9.84 Å². The number of morpholine rings is 1. The van der Waals surface area contributed by atoms with Crippen molar-refractivity contribution in [2.24, 2.45) is 0 Å². The molecular formula is C9H12F3NO4. The fourth-order valence-electron chi connectivity index (χ4n) is 1.51. The summed E-state index contributed by atoms with van der Waals surface area (Å²) in [4.78, 5) is 22.3. The number of aliphatic carboxylic acids is 1. The number of alkyl halides is 3. The van der Waals surface area contributed by atoms with Gasteiger partial charge in [0.1, 0.15) is 0 Å². The molecule has 1 unspecified atom stereocenters. The van der Waals surface area contributed by atoms with Crippen molar-refractivity contribution in [3.05, 3.63) is 0 Å². The van der Waals surface area contributed by atoms with Crippen LogP contribution in [0.25, 0.3) is 0 Å². The number of carbonyl (C=O) groups excluding carboxylic acids is 1. The van der Waals surface area contributed by atoms with Crippen molar-refractivity contribution in [1.29, 1.82) is 0 Å². The van der Waals surface area contributed by atoms with Gasteiger partial charge in [0.25, 0.3) is 0 Å². The molecule has 1 N–H and O–H groups in total. The molecule has 0 aromatic rings. The summed E-state index contributed by atoms with van der Waals surface area (Å²) in [7, 11) is 0. The number of halogens is 3. The zero-order chi connectivity index (χ0) is 13.4. The maximum Gasteiger partial charge on any atom is 0.471 e. The largest absolute Gasteiger partial charge is 0.479 e. The van der Waals surface area contributed by atoms with E-state index in [1.54, 1.807) is 0 Å². The minimum atomic E-state index is -5.02. The molecule has 0 aromatic carbocycles. The van der Waals surface area contributed by atoms with Gasteiger partial charge >= 0.3 is 18.1 Å². The molecule has 0 bridgehead atoms. The summed E-state index contributed by atoms with van der Waals surface area (Å²) >= 11 is 0. The first-order valence-electron chi connectivity index (χ1n) is 4.79. The summed E-state index contributed by atoms with van der Waals surface area (Å²) in [6.07, 6.45) is -6.44. The van der Waals surface area contributed by atoms with Crippen LogP contribution in [0, 0.1) is 0 Å². The third-order valence-corrected chi connectivity index (χ3v) is 2.48. The molecule has 17 heavy (non-hydrogen) atoms. The normalized spacial score (nSPS) is 24.5. The van der Waals surface area contributed by atoms with Gasteiger partial charge in [-0.25, -0.2) is 4.79 Å². The second kappa shape index (κ2) is 4.17. The third-order valence-electron chi connectivity index (χ3n) is 2.48. The van der Waals surface area contributed by atoms with Gasteiger partial charge in [-0.2, -0.15) is 13.2 Å². The lowest BCUT2D eigenvalue weighted by Crippen LogP contribution is -2.62. The van der Waals surface area contributed by atoms with E-state index < -0.39 is 36.2 Å². The van der Waals surface area contributed by atoms with Crippen LogP contribution in [-0.4, -0.2) is 52.9 Å². The summed E-state index contributed by atoms with van der Waals surface area (Å²) < 4.78 is 41.9. The molecule has 1 aliphatic heterocycles. The highest BCUT2D eigenvalue weighted by molar-refractivity contribution is 5.83. The van der Waals surface area contributed by atoms with E-state index in [9.17, 15) is 22.8 Å². The molecule has 98 valence electrons. The van der Waals surface area contributed by atoms with Crippen molar-refractivity contribution in [2.45, 2.75) is 31.7 Å². The Labute approximate surface area is 95.1 Å². The van der Waals surface area contributed by atoms with E-state index in [1.807, 2.05) is 0 Å². The van der Waals surface area contributed by atoms with Crippen LogP contribution < -0.4 is 0 Å². The molecule has 1 saturated heterocycles. The van der Waals surface area contributed by atoms with E-state index in [-0.39, 0.29) is 6.61 Å². The lowest BCUT2D eigenvalue weighted by molar-refractivity contribution is -0.204. The summed E-state index contributed by atoms with van der Waals surface area (Å²) in [6.45, 7) is 1.90. The van der Waals surface area contributed by atoms with E-state index in [1.165, 1.54) is 13.8 Å². The minimum Gasteiger partial charge on any atom is -0.479 e. The summed E-state index contributed by atoms with van der Waals surface area (Å²) in [5.41, 5.74) is -1.18. The highest BCUT2D eigenvalue weighted by Crippen LogP contribution is 2.28. The molecule has 1 aliphatic rings. The molecule has 0 saturated carbocycles. The SMILES string of the molecule is CC1(C)COC(C(=O)O)CN1C(=O)C(F)(F)F. The van der Waals surface area contributed by atoms with E-state index in [0.29, 0.717) is 4.90 Å². The first-order valence-corrected chi connectivity index (χ1v) is 4.79. The average Bonchev–Trinajstić information content (AvgIpc) is 2.14. The van der Waals surface area contributed by atoms with Crippen LogP contribution in [0.3, 0.4) is 0 Å². The average molecular weight is 255 g/mol. The molecule has 5 nitrogen and oxygen atoms in total. The zero-order valence-corrected chi connectivity index (χ0v) is 9.24. The van der Waals surface area contributed by atoms with Crippen molar-refractivity contribution in [3.8, 4) is 0 Å². The second-order valence-electron chi connectivity index (χ2n) is 4.36. The molecule has 1 heterocycles. The Kier molecular flexibility index (Phi) is 3.37. The van der Waals surface area contributed by atoms with Gasteiger partial charge in [-0.1, -0.05) is 0 Å². The Morgan fingerprint density at radius 3 is 2.35 bits per heavy atom. The Hall–Kier alpha value is -1.31. The third kappa shape index (κ3) is 2.87. The van der Waals surface area contributed by atoms with Crippen molar-refractivity contribution in [2.75, 3.05) is 13.2 Å². The van der Waals surface area contributed by atoms with Crippen molar-refractivity contribution in [1.82, 2.24) is 4.90 Å². The van der Waals surface area contributed by atoms with E-state index in [2.05, 4.69) is 0 Å². The molecule has 1 atom stereocenters.